The molecule has 3 nitrogen and oxygen atoms in total. The van der Waals surface area contributed by atoms with Gasteiger partial charge in [0.2, 0.25) is 5.88 Å². The molecule has 0 atom stereocenters. The zero-order valence-corrected chi connectivity index (χ0v) is 12.3. The van der Waals surface area contributed by atoms with Crippen LogP contribution in [0.15, 0.2) is 34.9 Å². The number of nitrogens with zero attached hydrogens (tertiary/aromatic N) is 1. The van der Waals surface area contributed by atoms with Crippen molar-refractivity contribution in [2.75, 3.05) is 7.05 Å². The number of nitrogens with one attached hydrogen (secondary N) is 1. The van der Waals surface area contributed by atoms with E-state index in [0.29, 0.717) is 16.1 Å². The van der Waals surface area contributed by atoms with Crippen LogP contribution in [-0.2, 0) is 6.54 Å². The average molecular weight is 325 g/mol. The van der Waals surface area contributed by atoms with Crippen LogP contribution in [0.1, 0.15) is 11.1 Å². The molecule has 0 bridgehead atoms. The van der Waals surface area contributed by atoms with Gasteiger partial charge in [0, 0.05) is 24.4 Å². The zero-order chi connectivity index (χ0) is 13.8. The maximum Gasteiger partial charge on any atom is 0.222 e. The second-order valence-electron chi connectivity index (χ2n) is 4.17. The molecular formula is C14H14BrFN2O. The lowest BCUT2D eigenvalue weighted by molar-refractivity contribution is 0.453. The minimum atomic E-state index is -0.359. The van der Waals surface area contributed by atoms with Gasteiger partial charge >= 0.3 is 0 Å². The van der Waals surface area contributed by atoms with Crippen LogP contribution in [0.4, 0.5) is 4.39 Å². The first-order valence-corrected chi connectivity index (χ1v) is 6.62. The van der Waals surface area contributed by atoms with E-state index in [2.05, 4.69) is 26.2 Å². The minimum absolute atomic E-state index is 0.359. The molecule has 100 valence electrons. The molecule has 1 aromatic carbocycles. The summed E-state index contributed by atoms with van der Waals surface area (Å²) < 4.78 is 19.4. The Bertz CT molecular complexity index is 590. The third-order valence-electron chi connectivity index (χ3n) is 2.57. The maximum atomic E-state index is 13.4. The van der Waals surface area contributed by atoms with Crippen LogP contribution in [0.5, 0.6) is 11.6 Å². The molecule has 0 aliphatic carbocycles. The Morgan fingerprint density at radius 1 is 1.37 bits per heavy atom. The number of aromatic nitrogens is 1. The molecule has 0 radical (unpaired) electrons. The van der Waals surface area contributed by atoms with E-state index in [-0.39, 0.29) is 5.82 Å². The van der Waals surface area contributed by atoms with Crippen molar-refractivity contribution in [3.05, 3.63) is 51.9 Å². The number of rotatable bonds is 4. The number of ether oxygens (including phenoxy) is 1. The van der Waals surface area contributed by atoms with Gasteiger partial charge in [-0.15, -0.1) is 0 Å². The number of hydrogen-bond acceptors (Lipinski definition) is 3. The smallest absolute Gasteiger partial charge is 0.222 e. The summed E-state index contributed by atoms with van der Waals surface area (Å²) in [7, 11) is 1.88. The summed E-state index contributed by atoms with van der Waals surface area (Å²) >= 11 is 3.10. The standard InChI is InChI=1S/C14H14BrFN2O/c1-9-5-10(7-17-2)8-18-14(9)19-11-3-4-12(15)13(16)6-11/h3-6,8,17H,7H2,1-2H3. The van der Waals surface area contributed by atoms with Crippen LogP contribution in [0, 0.1) is 12.7 Å². The van der Waals surface area contributed by atoms with Crippen molar-refractivity contribution < 1.29 is 9.13 Å². The molecule has 0 aliphatic heterocycles. The highest BCUT2D eigenvalue weighted by molar-refractivity contribution is 9.10. The molecule has 1 N–H and O–H groups in total. The molecule has 1 heterocycles. The normalized spacial score (nSPS) is 10.5. The summed E-state index contributed by atoms with van der Waals surface area (Å²) in [5.41, 5.74) is 1.99. The van der Waals surface area contributed by atoms with E-state index in [1.54, 1.807) is 18.3 Å². The van der Waals surface area contributed by atoms with Gasteiger partial charge in [0.25, 0.3) is 0 Å². The van der Waals surface area contributed by atoms with Crippen LogP contribution < -0.4 is 10.1 Å². The SMILES string of the molecule is CNCc1cnc(Oc2ccc(Br)c(F)c2)c(C)c1. The van der Waals surface area contributed by atoms with E-state index in [0.717, 1.165) is 17.7 Å². The van der Waals surface area contributed by atoms with Crippen LogP contribution >= 0.6 is 15.9 Å². The molecule has 0 unspecified atom stereocenters. The first kappa shape index (κ1) is 14.0. The third-order valence-corrected chi connectivity index (χ3v) is 3.22. The van der Waals surface area contributed by atoms with Gasteiger partial charge in [-0.2, -0.15) is 0 Å². The molecule has 0 amide bonds. The lowest BCUT2D eigenvalue weighted by Gasteiger charge is -2.09. The van der Waals surface area contributed by atoms with Crippen LogP contribution in [0.3, 0.4) is 0 Å². The van der Waals surface area contributed by atoms with Gasteiger partial charge < -0.3 is 10.1 Å². The van der Waals surface area contributed by atoms with Gasteiger partial charge in [-0.1, -0.05) is 0 Å². The molecule has 2 aromatic rings. The van der Waals surface area contributed by atoms with E-state index < -0.39 is 0 Å². The highest BCUT2D eigenvalue weighted by Crippen LogP contribution is 2.26. The summed E-state index contributed by atoms with van der Waals surface area (Å²) in [5.74, 6) is 0.557. The predicted octanol–water partition coefficient (Wildman–Crippen LogP) is 3.80. The van der Waals surface area contributed by atoms with E-state index in [1.807, 2.05) is 20.0 Å². The highest BCUT2D eigenvalue weighted by Gasteiger charge is 2.06. The van der Waals surface area contributed by atoms with Crippen molar-refractivity contribution in [2.24, 2.45) is 0 Å². The van der Waals surface area contributed by atoms with Gasteiger partial charge in [0.05, 0.1) is 4.47 Å². The molecule has 0 saturated heterocycles. The molecule has 19 heavy (non-hydrogen) atoms. The molecule has 1 aromatic heterocycles. The zero-order valence-electron chi connectivity index (χ0n) is 10.7. The number of halogens is 2. The lowest BCUT2D eigenvalue weighted by Crippen LogP contribution is -2.06. The lowest BCUT2D eigenvalue weighted by atomic mass is 10.2. The Morgan fingerprint density at radius 3 is 2.79 bits per heavy atom. The summed E-state index contributed by atoms with van der Waals surface area (Å²) in [4.78, 5) is 4.25. The predicted molar refractivity (Wildman–Crippen MR) is 75.9 cm³/mol. The molecule has 5 heteroatoms. The van der Waals surface area contributed by atoms with Crippen LogP contribution in [-0.4, -0.2) is 12.0 Å². The van der Waals surface area contributed by atoms with Gasteiger partial charge in [0.15, 0.2) is 0 Å². The van der Waals surface area contributed by atoms with Crippen LogP contribution in [0.25, 0.3) is 0 Å². The van der Waals surface area contributed by atoms with E-state index in [4.69, 9.17) is 4.74 Å². The Morgan fingerprint density at radius 2 is 2.16 bits per heavy atom. The van der Waals surface area contributed by atoms with Crippen molar-refractivity contribution in [2.45, 2.75) is 13.5 Å². The fourth-order valence-corrected chi connectivity index (χ4v) is 1.93. The highest BCUT2D eigenvalue weighted by atomic mass is 79.9. The van der Waals surface area contributed by atoms with E-state index in [1.165, 1.54) is 6.07 Å². The van der Waals surface area contributed by atoms with Crippen molar-refractivity contribution in [1.29, 1.82) is 0 Å². The van der Waals surface area contributed by atoms with Crippen molar-refractivity contribution in [3.63, 3.8) is 0 Å². The number of aryl methyl sites for hydroxylation is 1. The van der Waals surface area contributed by atoms with Gasteiger partial charge in [-0.05, 0) is 53.7 Å². The Balaban J connectivity index is 2.20. The van der Waals surface area contributed by atoms with Crippen LogP contribution in [0.2, 0.25) is 0 Å². The fourth-order valence-electron chi connectivity index (χ4n) is 1.68. The fraction of sp³-hybridized carbons (Fsp3) is 0.214. The summed E-state index contributed by atoms with van der Waals surface area (Å²) in [6.45, 7) is 2.66. The first-order chi connectivity index (χ1) is 9.10. The average Bonchev–Trinajstić information content (AvgIpc) is 2.37. The summed E-state index contributed by atoms with van der Waals surface area (Å²) in [5, 5.41) is 3.06. The number of benzene rings is 1. The molecule has 0 saturated carbocycles. The monoisotopic (exact) mass is 324 g/mol. The molecule has 2 rings (SSSR count). The van der Waals surface area contributed by atoms with Crippen molar-refractivity contribution in [1.82, 2.24) is 10.3 Å². The molecular weight excluding hydrogens is 311 g/mol. The molecule has 0 aliphatic rings. The maximum absolute atomic E-state index is 13.4. The van der Waals surface area contributed by atoms with E-state index >= 15 is 0 Å². The minimum Gasteiger partial charge on any atom is -0.439 e. The summed E-state index contributed by atoms with van der Waals surface area (Å²) in [6.07, 6.45) is 1.74. The van der Waals surface area contributed by atoms with Crippen molar-refractivity contribution >= 4 is 15.9 Å². The van der Waals surface area contributed by atoms with Gasteiger partial charge in [-0.3, -0.25) is 0 Å². The summed E-state index contributed by atoms with van der Waals surface area (Å²) in [6, 6.07) is 6.62. The molecule has 0 spiro atoms. The van der Waals surface area contributed by atoms with Crippen molar-refractivity contribution in [3.8, 4) is 11.6 Å². The Kier molecular flexibility index (Phi) is 4.50. The largest absolute Gasteiger partial charge is 0.439 e. The molecule has 0 fully saturated rings. The Hall–Kier alpha value is -1.46. The third kappa shape index (κ3) is 3.52. The number of hydrogen-bond donors (Lipinski definition) is 1. The first-order valence-electron chi connectivity index (χ1n) is 5.83. The Labute approximate surface area is 119 Å². The van der Waals surface area contributed by atoms with E-state index in [9.17, 15) is 4.39 Å². The second-order valence-corrected chi connectivity index (χ2v) is 5.03. The topological polar surface area (TPSA) is 34.2 Å². The quantitative estimate of drug-likeness (QED) is 0.928. The van der Waals surface area contributed by atoms with Gasteiger partial charge in [0.1, 0.15) is 11.6 Å². The van der Waals surface area contributed by atoms with Gasteiger partial charge in [-0.25, -0.2) is 9.37 Å². The number of pyridine rings is 1. The second kappa shape index (κ2) is 6.12.